The van der Waals surface area contributed by atoms with E-state index in [0.29, 0.717) is 18.0 Å². The van der Waals surface area contributed by atoms with Crippen molar-refractivity contribution in [1.82, 2.24) is 4.72 Å². The first kappa shape index (κ1) is 18.0. The number of carbonyl (C=O) groups is 1. The lowest BCUT2D eigenvalue weighted by atomic mass is 10.2. The van der Waals surface area contributed by atoms with Crippen LogP contribution in [0.3, 0.4) is 0 Å². The van der Waals surface area contributed by atoms with Crippen molar-refractivity contribution >= 4 is 21.6 Å². The molecule has 128 valence electrons. The summed E-state index contributed by atoms with van der Waals surface area (Å²) in [5.41, 5.74) is 1.18. The summed E-state index contributed by atoms with van der Waals surface area (Å²) >= 11 is 0. The highest BCUT2D eigenvalue weighted by molar-refractivity contribution is 7.89. The molecule has 1 amide bonds. The van der Waals surface area contributed by atoms with Crippen molar-refractivity contribution in [2.45, 2.75) is 25.3 Å². The van der Waals surface area contributed by atoms with Gasteiger partial charge in [0.1, 0.15) is 5.75 Å². The minimum absolute atomic E-state index is 0.0608. The van der Waals surface area contributed by atoms with Gasteiger partial charge < -0.3 is 10.1 Å². The molecule has 0 fully saturated rings. The number of amides is 1. The first-order valence-corrected chi connectivity index (χ1v) is 8.98. The van der Waals surface area contributed by atoms with Crippen molar-refractivity contribution in [3.63, 3.8) is 0 Å². The van der Waals surface area contributed by atoms with E-state index in [1.807, 2.05) is 37.3 Å². The Balaban J connectivity index is 2.24. The summed E-state index contributed by atoms with van der Waals surface area (Å²) in [6, 6.07) is 13.6. The molecule has 0 aliphatic heterocycles. The van der Waals surface area contributed by atoms with Crippen LogP contribution in [0.1, 0.15) is 19.4 Å². The van der Waals surface area contributed by atoms with Crippen molar-refractivity contribution < 1.29 is 17.9 Å². The van der Waals surface area contributed by atoms with E-state index in [0.717, 1.165) is 5.56 Å². The Hall–Kier alpha value is -2.38. The van der Waals surface area contributed by atoms with E-state index < -0.39 is 10.0 Å². The molecule has 2 rings (SSSR count). The molecule has 0 saturated heterocycles. The normalized spacial score (nSPS) is 11.1. The molecule has 6 nitrogen and oxygen atoms in total. The molecule has 2 aromatic rings. The van der Waals surface area contributed by atoms with Gasteiger partial charge in [0.15, 0.2) is 0 Å². The summed E-state index contributed by atoms with van der Waals surface area (Å²) in [6.07, 6.45) is 0. The smallest absolute Gasteiger partial charge is 0.240 e. The van der Waals surface area contributed by atoms with E-state index in [2.05, 4.69) is 10.0 Å². The summed E-state index contributed by atoms with van der Waals surface area (Å²) in [7, 11) is -3.71. The number of sulfonamides is 1. The number of rotatable bonds is 7. The van der Waals surface area contributed by atoms with Crippen LogP contribution in [-0.2, 0) is 21.4 Å². The lowest BCUT2D eigenvalue weighted by Gasteiger charge is -2.13. The second kappa shape index (κ2) is 7.94. The molecule has 0 aliphatic rings. The number of nitrogens with one attached hydrogen (secondary N) is 2. The highest BCUT2D eigenvalue weighted by Gasteiger charge is 2.17. The fourth-order valence-electron chi connectivity index (χ4n) is 2.10. The van der Waals surface area contributed by atoms with Crippen LogP contribution >= 0.6 is 0 Å². The van der Waals surface area contributed by atoms with Crippen LogP contribution in [0, 0.1) is 0 Å². The summed E-state index contributed by atoms with van der Waals surface area (Å²) < 4.78 is 32.8. The Labute approximate surface area is 141 Å². The maximum atomic E-state index is 12.4. The second-order valence-electron chi connectivity index (χ2n) is 5.08. The maximum absolute atomic E-state index is 12.4. The van der Waals surface area contributed by atoms with Crippen LogP contribution in [-0.4, -0.2) is 20.9 Å². The first-order chi connectivity index (χ1) is 11.4. The van der Waals surface area contributed by atoms with Crippen LogP contribution in [0.2, 0.25) is 0 Å². The molecule has 0 aromatic heterocycles. The Morgan fingerprint density at radius 3 is 2.46 bits per heavy atom. The molecular formula is C17H20N2O4S. The number of hydrogen-bond acceptors (Lipinski definition) is 4. The molecule has 0 radical (unpaired) electrons. The average molecular weight is 348 g/mol. The third kappa shape index (κ3) is 4.81. The zero-order valence-corrected chi connectivity index (χ0v) is 14.4. The molecule has 7 heteroatoms. The Bertz CT molecular complexity index is 805. The van der Waals surface area contributed by atoms with Crippen molar-refractivity contribution in [2.24, 2.45) is 0 Å². The second-order valence-corrected chi connectivity index (χ2v) is 6.85. The lowest BCUT2D eigenvalue weighted by molar-refractivity contribution is -0.114. The van der Waals surface area contributed by atoms with Crippen LogP contribution in [0.15, 0.2) is 53.4 Å². The van der Waals surface area contributed by atoms with Crippen LogP contribution in [0.5, 0.6) is 5.75 Å². The zero-order chi connectivity index (χ0) is 17.6. The highest BCUT2D eigenvalue weighted by atomic mass is 32.2. The molecule has 0 atom stereocenters. The summed E-state index contributed by atoms with van der Waals surface area (Å²) in [6.45, 7) is 3.75. The molecule has 0 heterocycles. The third-order valence-electron chi connectivity index (χ3n) is 3.18. The topological polar surface area (TPSA) is 84.5 Å². The molecule has 2 N–H and O–H groups in total. The third-order valence-corrected chi connectivity index (χ3v) is 4.58. The van der Waals surface area contributed by atoms with Crippen molar-refractivity contribution in [3.8, 4) is 5.75 Å². The van der Waals surface area contributed by atoms with Gasteiger partial charge in [-0.3, -0.25) is 4.79 Å². The molecule has 24 heavy (non-hydrogen) atoms. The summed E-state index contributed by atoms with van der Waals surface area (Å²) in [4.78, 5) is 11.4. The standard InChI is InChI=1S/C17H20N2O4S/c1-3-23-17-10-9-15(11-16(17)19-13(2)20)24(21,22)18-12-14-7-5-4-6-8-14/h4-11,18H,3,12H2,1-2H3,(H,19,20). The Morgan fingerprint density at radius 2 is 1.83 bits per heavy atom. The van der Waals surface area contributed by atoms with Gasteiger partial charge in [-0.15, -0.1) is 0 Å². The number of anilines is 1. The van der Waals surface area contributed by atoms with E-state index >= 15 is 0 Å². The molecule has 0 aliphatic carbocycles. The van der Waals surface area contributed by atoms with Gasteiger partial charge >= 0.3 is 0 Å². The fraction of sp³-hybridized carbons (Fsp3) is 0.235. The van der Waals surface area contributed by atoms with Gasteiger partial charge in [0, 0.05) is 13.5 Å². The van der Waals surface area contributed by atoms with Gasteiger partial charge in [0.05, 0.1) is 17.2 Å². The summed E-state index contributed by atoms with van der Waals surface area (Å²) in [5.74, 6) is 0.123. The fourth-order valence-corrected chi connectivity index (χ4v) is 3.15. The van der Waals surface area contributed by atoms with Gasteiger partial charge in [-0.25, -0.2) is 13.1 Å². The van der Waals surface area contributed by atoms with Crippen LogP contribution in [0.4, 0.5) is 5.69 Å². The van der Waals surface area contributed by atoms with Crippen molar-refractivity contribution in [1.29, 1.82) is 0 Å². The SMILES string of the molecule is CCOc1ccc(S(=O)(=O)NCc2ccccc2)cc1NC(C)=O. The number of carbonyl (C=O) groups excluding carboxylic acids is 1. The predicted octanol–water partition coefficient (Wildman–Crippen LogP) is 2.52. The van der Waals surface area contributed by atoms with Gasteiger partial charge in [0.25, 0.3) is 0 Å². The average Bonchev–Trinajstić information content (AvgIpc) is 2.55. The van der Waals surface area contributed by atoms with Gasteiger partial charge in [-0.1, -0.05) is 30.3 Å². The first-order valence-electron chi connectivity index (χ1n) is 7.50. The highest BCUT2D eigenvalue weighted by Crippen LogP contribution is 2.28. The van der Waals surface area contributed by atoms with E-state index in [1.54, 1.807) is 0 Å². The van der Waals surface area contributed by atoms with Crippen molar-refractivity contribution in [2.75, 3.05) is 11.9 Å². The minimum atomic E-state index is -3.71. The monoisotopic (exact) mass is 348 g/mol. The quantitative estimate of drug-likeness (QED) is 0.805. The Kier molecular flexibility index (Phi) is 5.94. The molecule has 0 saturated carbocycles. The van der Waals surface area contributed by atoms with E-state index in [4.69, 9.17) is 4.74 Å². The molecule has 0 bridgehead atoms. The number of benzene rings is 2. The van der Waals surface area contributed by atoms with Gasteiger partial charge in [-0.05, 0) is 30.7 Å². The zero-order valence-electron chi connectivity index (χ0n) is 13.6. The Morgan fingerprint density at radius 1 is 1.12 bits per heavy atom. The minimum Gasteiger partial charge on any atom is -0.492 e. The summed E-state index contributed by atoms with van der Waals surface area (Å²) in [5, 5.41) is 2.59. The lowest BCUT2D eigenvalue weighted by Crippen LogP contribution is -2.23. The molecule has 0 unspecified atom stereocenters. The van der Waals surface area contributed by atoms with Crippen LogP contribution < -0.4 is 14.8 Å². The largest absolute Gasteiger partial charge is 0.492 e. The predicted molar refractivity (Wildman–Crippen MR) is 92.4 cm³/mol. The van der Waals surface area contributed by atoms with Crippen LogP contribution in [0.25, 0.3) is 0 Å². The number of hydrogen-bond donors (Lipinski definition) is 2. The van der Waals surface area contributed by atoms with E-state index in [1.165, 1.54) is 25.1 Å². The van der Waals surface area contributed by atoms with Crippen molar-refractivity contribution in [3.05, 3.63) is 54.1 Å². The number of ether oxygens (including phenoxy) is 1. The molecular weight excluding hydrogens is 328 g/mol. The molecule has 2 aromatic carbocycles. The van der Waals surface area contributed by atoms with E-state index in [-0.39, 0.29) is 17.3 Å². The molecule has 0 spiro atoms. The van der Waals surface area contributed by atoms with Gasteiger partial charge in [-0.2, -0.15) is 0 Å². The maximum Gasteiger partial charge on any atom is 0.240 e. The van der Waals surface area contributed by atoms with E-state index in [9.17, 15) is 13.2 Å². The van der Waals surface area contributed by atoms with Gasteiger partial charge in [0.2, 0.25) is 15.9 Å².